The molecule has 0 radical (unpaired) electrons. The standard InChI is InChI=1S/C15H27N3O2/c1-5-9-18(14(19)20-15(2,3)4)10-8-17-12-13-6-7-16-11-13/h6-7,11,16-17H,5,8-10,12H2,1-4H3. The zero-order valence-electron chi connectivity index (χ0n) is 13.0. The van der Waals surface area contributed by atoms with Gasteiger partial charge in [-0.3, -0.25) is 0 Å². The Bertz CT molecular complexity index is 382. The van der Waals surface area contributed by atoms with E-state index in [4.69, 9.17) is 4.74 Å². The summed E-state index contributed by atoms with van der Waals surface area (Å²) in [5, 5.41) is 3.32. The molecule has 0 saturated carbocycles. The average Bonchev–Trinajstić information content (AvgIpc) is 2.83. The maximum atomic E-state index is 12.0. The maximum absolute atomic E-state index is 12.0. The molecular weight excluding hydrogens is 254 g/mol. The molecule has 1 amide bonds. The highest BCUT2D eigenvalue weighted by atomic mass is 16.6. The minimum Gasteiger partial charge on any atom is -0.444 e. The second-order valence-corrected chi connectivity index (χ2v) is 5.86. The number of carbonyl (C=O) groups excluding carboxylic acids is 1. The van der Waals surface area contributed by atoms with Crippen LogP contribution in [-0.2, 0) is 11.3 Å². The number of carbonyl (C=O) groups is 1. The smallest absolute Gasteiger partial charge is 0.410 e. The van der Waals surface area contributed by atoms with Crippen molar-refractivity contribution in [1.82, 2.24) is 15.2 Å². The Hall–Kier alpha value is -1.49. The summed E-state index contributed by atoms with van der Waals surface area (Å²) < 4.78 is 5.41. The quantitative estimate of drug-likeness (QED) is 0.756. The van der Waals surface area contributed by atoms with Crippen molar-refractivity contribution in [3.05, 3.63) is 24.0 Å². The monoisotopic (exact) mass is 281 g/mol. The molecule has 0 atom stereocenters. The molecule has 0 saturated heterocycles. The average molecular weight is 281 g/mol. The third-order valence-corrected chi connectivity index (χ3v) is 2.70. The Kier molecular flexibility index (Phi) is 6.58. The maximum Gasteiger partial charge on any atom is 0.410 e. The molecule has 0 aliphatic carbocycles. The van der Waals surface area contributed by atoms with Gasteiger partial charge in [-0.25, -0.2) is 4.79 Å². The van der Waals surface area contributed by atoms with Crippen LogP contribution in [-0.4, -0.2) is 41.2 Å². The molecule has 5 nitrogen and oxygen atoms in total. The summed E-state index contributed by atoms with van der Waals surface area (Å²) in [4.78, 5) is 16.8. The first-order chi connectivity index (χ1) is 9.42. The lowest BCUT2D eigenvalue weighted by molar-refractivity contribution is 0.0252. The normalized spacial score (nSPS) is 11.4. The Morgan fingerprint density at radius 2 is 2.15 bits per heavy atom. The fraction of sp³-hybridized carbons (Fsp3) is 0.667. The molecule has 1 aromatic rings. The first-order valence-electron chi connectivity index (χ1n) is 7.22. The molecule has 0 unspecified atom stereocenters. The number of hydrogen-bond acceptors (Lipinski definition) is 3. The van der Waals surface area contributed by atoms with Crippen LogP contribution in [0.4, 0.5) is 4.79 Å². The number of rotatable bonds is 7. The van der Waals surface area contributed by atoms with Crippen molar-refractivity contribution in [2.45, 2.75) is 46.3 Å². The molecule has 0 fully saturated rings. The summed E-state index contributed by atoms with van der Waals surface area (Å²) in [7, 11) is 0. The van der Waals surface area contributed by atoms with Crippen molar-refractivity contribution in [3.8, 4) is 0 Å². The zero-order valence-corrected chi connectivity index (χ0v) is 13.0. The van der Waals surface area contributed by atoms with Gasteiger partial charge in [0, 0.05) is 38.6 Å². The fourth-order valence-corrected chi connectivity index (χ4v) is 1.81. The third kappa shape index (κ3) is 6.61. The molecule has 0 spiro atoms. The number of nitrogens with zero attached hydrogens (tertiary/aromatic N) is 1. The molecule has 1 heterocycles. The number of nitrogens with one attached hydrogen (secondary N) is 2. The molecule has 1 aromatic heterocycles. The largest absolute Gasteiger partial charge is 0.444 e. The number of ether oxygens (including phenoxy) is 1. The van der Waals surface area contributed by atoms with Crippen LogP contribution in [0.2, 0.25) is 0 Å². The van der Waals surface area contributed by atoms with Gasteiger partial charge in [0.2, 0.25) is 0 Å². The van der Waals surface area contributed by atoms with E-state index in [1.165, 1.54) is 5.56 Å². The first-order valence-corrected chi connectivity index (χ1v) is 7.22. The van der Waals surface area contributed by atoms with Gasteiger partial charge in [0.05, 0.1) is 0 Å². The van der Waals surface area contributed by atoms with Gasteiger partial charge in [0.25, 0.3) is 0 Å². The van der Waals surface area contributed by atoms with Crippen LogP contribution in [0.5, 0.6) is 0 Å². The molecule has 0 aliphatic rings. The Morgan fingerprint density at radius 1 is 1.40 bits per heavy atom. The van der Waals surface area contributed by atoms with Gasteiger partial charge in [0.15, 0.2) is 0 Å². The lowest BCUT2D eigenvalue weighted by atomic mass is 10.2. The van der Waals surface area contributed by atoms with Crippen molar-refractivity contribution in [1.29, 1.82) is 0 Å². The predicted molar refractivity (Wildman–Crippen MR) is 80.6 cm³/mol. The third-order valence-electron chi connectivity index (χ3n) is 2.70. The number of hydrogen-bond donors (Lipinski definition) is 2. The van der Waals surface area contributed by atoms with Gasteiger partial charge < -0.3 is 19.9 Å². The van der Waals surface area contributed by atoms with Gasteiger partial charge >= 0.3 is 6.09 Å². The van der Waals surface area contributed by atoms with Crippen molar-refractivity contribution in [2.24, 2.45) is 0 Å². The van der Waals surface area contributed by atoms with Gasteiger partial charge in [-0.1, -0.05) is 6.92 Å². The minimum atomic E-state index is -0.443. The van der Waals surface area contributed by atoms with E-state index in [0.717, 1.165) is 26.1 Å². The summed E-state index contributed by atoms with van der Waals surface area (Å²) in [5.41, 5.74) is 0.769. The first kappa shape index (κ1) is 16.6. The Balaban J connectivity index is 2.32. The number of aromatic nitrogens is 1. The lowest BCUT2D eigenvalue weighted by Crippen LogP contribution is -2.40. The van der Waals surface area contributed by atoms with Crippen LogP contribution >= 0.6 is 0 Å². The van der Waals surface area contributed by atoms with Gasteiger partial charge in [-0.15, -0.1) is 0 Å². The molecule has 20 heavy (non-hydrogen) atoms. The van der Waals surface area contributed by atoms with E-state index in [9.17, 15) is 4.79 Å². The highest BCUT2D eigenvalue weighted by Gasteiger charge is 2.21. The SMILES string of the molecule is CCCN(CCNCc1cc[nH]c1)C(=O)OC(C)(C)C. The molecule has 0 aromatic carbocycles. The van der Waals surface area contributed by atoms with E-state index < -0.39 is 5.60 Å². The zero-order chi connectivity index (χ0) is 15.0. The van der Waals surface area contributed by atoms with Crippen LogP contribution in [0.1, 0.15) is 39.7 Å². The molecule has 0 bridgehead atoms. The van der Waals surface area contributed by atoms with Crippen LogP contribution in [0.15, 0.2) is 18.5 Å². The van der Waals surface area contributed by atoms with Gasteiger partial charge in [-0.05, 0) is 38.8 Å². The Morgan fingerprint density at radius 3 is 2.70 bits per heavy atom. The number of aromatic amines is 1. The van der Waals surface area contributed by atoms with E-state index in [1.807, 2.05) is 39.2 Å². The van der Waals surface area contributed by atoms with E-state index in [1.54, 1.807) is 4.90 Å². The second-order valence-electron chi connectivity index (χ2n) is 5.86. The topological polar surface area (TPSA) is 57.4 Å². The minimum absolute atomic E-state index is 0.234. The molecule has 0 aliphatic heterocycles. The van der Waals surface area contributed by atoms with Crippen molar-refractivity contribution >= 4 is 6.09 Å². The summed E-state index contributed by atoms with van der Waals surface area (Å²) >= 11 is 0. The van der Waals surface area contributed by atoms with Crippen LogP contribution in [0, 0.1) is 0 Å². The van der Waals surface area contributed by atoms with Crippen LogP contribution in [0.3, 0.4) is 0 Å². The van der Waals surface area contributed by atoms with E-state index in [-0.39, 0.29) is 6.09 Å². The van der Waals surface area contributed by atoms with Crippen LogP contribution < -0.4 is 5.32 Å². The van der Waals surface area contributed by atoms with E-state index in [0.29, 0.717) is 6.54 Å². The highest BCUT2D eigenvalue weighted by molar-refractivity contribution is 5.68. The second kappa shape index (κ2) is 7.94. The lowest BCUT2D eigenvalue weighted by Gasteiger charge is -2.27. The van der Waals surface area contributed by atoms with Gasteiger partial charge in [-0.2, -0.15) is 0 Å². The molecule has 2 N–H and O–H groups in total. The number of amides is 1. The summed E-state index contributed by atoms with van der Waals surface area (Å²) in [6, 6.07) is 2.03. The predicted octanol–water partition coefficient (Wildman–Crippen LogP) is 2.75. The molecule has 114 valence electrons. The van der Waals surface area contributed by atoms with E-state index >= 15 is 0 Å². The summed E-state index contributed by atoms with van der Waals surface area (Å²) in [6.07, 6.45) is 4.56. The molecular formula is C15H27N3O2. The van der Waals surface area contributed by atoms with Crippen molar-refractivity contribution in [2.75, 3.05) is 19.6 Å². The number of H-pyrrole nitrogens is 1. The van der Waals surface area contributed by atoms with Gasteiger partial charge in [0.1, 0.15) is 5.60 Å². The Labute approximate surface area is 121 Å². The highest BCUT2D eigenvalue weighted by Crippen LogP contribution is 2.10. The van der Waals surface area contributed by atoms with Crippen molar-refractivity contribution < 1.29 is 9.53 Å². The van der Waals surface area contributed by atoms with E-state index in [2.05, 4.69) is 17.2 Å². The molecule has 5 heteroatoms. The van der Waals surface area contributed by atoms with Crippen LogP contribution in [0.25, 0.3) is 0 Å². The molecule has 1 rings (SSSR count). The fourth-order valence-electron chi connectivity index (χ4n) is 1.81. The van der Waals surface area contributed by atoms with Crippen molar-refractivity contribution in [3.63, 3.8) is 0 Å². The summed E-state index contributed by atoms with van der Waals surface area (Å²) in [5.74, 6) is 0. The summed E-state index contributed by atoms with van der Waals surface area (Å²) in [6.45, 7) is 10.7.